The predicted molar refractivity (Wildman–Crippen MR) is 87.2 cm³/mol. The minimum absolute atomic E-state index is 0.0245. The van der Waals surface area contributed by atoms with Crippen molar-refractivity contribution >= 4 is 23.0 Å². The van der Waals surface area contributed by atoms with Crippen molar-refractivity contribution in [2.75, 3.05) is 17.2 Å². The molecule has 0 aliphatic rings. The number of carbonyl (C=O) groups is 1. The molecular weight excluding hydrogens is 298 g/mol. The number of nitro benzene ring substituents is 1. The molecule has 0 bridgehead atoms. The molecule has 1 amide bonds. The third-order valence-corrected chi connectivity index (χ3v) is 3.16. The van der Waals surface area contributed by atoms with Crippen molar-refractivity contribution in [2.24, 2.45) is 0 Å². The second-order valence-electron chi connectivity index (χ2n) is 4.86. The number of benzene rings is 2. The fourth-order valence-electron chi connectivity index (χ4n) is 2.06. The van der Waals surface area contributed by atoms with Gasteiger partial charge in [-0.05, 0) is 23.8 Å². The van der Waals surface area contributed by atoms with Crippen LogP contribution in [0.15, 0.2) is 48.5 Å². The lowest BCUT2D eigenvalue weighted by Crippen LogP contribution is -2.16. The van der Waals surface area contributed by atoms with Crippen molar-refractivity contribution in [3.63, 3.8) is 0 Å². The van der Waals surface area contributed by atoms with E-state index < -0.39 is 4.92 Å². The first kappa shape index (κ1) is 16.4. The fourth-order valence-corrected chi connectivity index (χ4v) is 2.06. The first-order chi connectivity index (χ1) is 11.1. The number of hydrogen-bond donors (Lipinski definition) is 3. The van der Waals surface area contributed by atoms with Gasteiger partial charge in [-0.3, -0.25) is 14.9 Å². The van der Waals surface area contributed by atoms with E-state index in [0.29, 0.717) is 16.9 Å². The van der Waals surface area contributed by atoms with Crippen molar-refractivity contribution in [1.29, 1.82) is 0 Å². The standard InChI is InChI=1S/C16H17N3O4/c20-11-12-4-3-5-13(10-12)18-16(21)8-9-17-14-6-1-2-7-15(14)19(22)23/h1-7,10,17,20H,8-9,11H2,(H,18,21). The Labute approximate surface area is 133 Å². The van der Waals surface area contributed by atoms with Gasteiger partial charge in [-0.15, -0.1) is 0 Å². The van der Waals surface area contributed by atoms with Crippen molar-refractivity contribution in [3.05, 3.63) is 64.2 Å². The van der Waals surface area contributed by atoms with Crippen LogP contribution in [0, 0.1) is 10.1 Å². The van der Waals surface area contributed by atoms with E-state index in [-0.39, 0.29) is 31.2 Å². The molecule has 0 aliphatic carbocycles. The molecule has 0 atom stereocenters. The minimum Gasteiger partial charge on any atom is -0.392 e. The number of rotatable bonds is 7. The molecule has 0 unspecified atom stereocenters. The zero-order valence-electron chi connectivity index (χ0n) is 12.4. The number of aliphatic hydroxyl groups excluding tert-OH is 1. The third kappa shape index (κ3) is 4.79. The largest absolute Gasteiger partial charge is 0.392 e. The molecule has 2 aromatic rings. The molecule has 0 fully saturated rings. The first-order valence-corrected chi connectivity index (χ1v) is 7.07. The fraction of sp³-hybridized carbons (Fsp3) is 0.188. The minimum atomic E-state index is -0.469. The molecule has 0 radical (unpaired) electrons. The van der Waals surface area contributed by atoms with Gasteiger partial charge in [-0.1, -0.05) is 24.3 Å². The van der Waals surface area contributed by atoms with Gasteiger partial charge in [0.25, 0.3) is 5.69 Å². The summed E-state index contributed by atoms with van der Waals surface area (Å²) in [5, 5.41) is 25.6. The number of carbonyl (C=O) groups excluding carboxylic acids is 1. The van der Waals surface area contributed by atoms with E-state index in [1.165, 1.54) is 6.07 Å². The number of aliphatic hydroxyl groups is 1. The summed E-state index contributed by atoms with van der Waals surface area (Å²) in [6.45, 7) is 0.180. The molecule has 120 valence electrons. The Morgan fingerprint density at radius 3 is 2.70 bits per heavy atom. The van der Waals surface area contributed by atoms with E-state index in [9.17, 15) is 14.9 Å². The highest BCUT2D eigenvalue weighted by molar-refractivity contribution is 5.91. The Bertz CT molecular complexity index is 703. The summed E-state index contributed by atoms with van der Waals surface area (Å²) < 4.78 is 0. The summed E-state index contributed by atoms with van der Waals surface area (Å²) in [7, 11) is 0. The second-order valence-corrected chi connectivity index (χ2v) is 4.86. The lowest BCUT2D eigenvalue weighted by molar-refractivity contribution is -0.384. The van der Waals surface area contributed by atoms with Crippen LogP contribution < -0.4 is 10.6 Å². The average molecular weight is 315 g/mol. The molecule has 7 heteroatoms. The average Bonchev–Trinajstić information content (AvgIpc) is 2.55. The van der Waals surface area contributed by atoms with E-state index in [0.717, 1.165) is 0 Å². The third-order valence-electron chi connectivity index (χ3n) is 3.16. The van der Waals surface area contributed by atoms with E-state index in [1.807, 2.05) is 0 Å². The topological polar surface area (TPSA) is 104 Å². The van der Waals surface area contributed by atoms with Crippen LogP contribution in [-0.4, -0.2) is 22.5 Å². The Hall–Kier alpha value is -2.93. The number of anilines is 2. The van der Waals surface area contributed by atoms with Gasteiger partial charge in [0, 0.05) is 24.7 Å². The second kappa shape index (κ2) is 7.90. The lowest BCUT2D eigenvalue weighted by atomic mass is 10.2. The van der Waals surface area contributed by atoms with E-state index in [1.54, 1.807) is 42.5 Å². The van der Waals surface area contributed by atoms with Gasteiger partial charge in [0.05, 0.1) is 11.5 Å². The van der Waals surface area contributed by atoms with Gasteiger partial charge >= 0.3 is 0 Å². The summed E-state index contributed by atoms with van der Waals surface area (Å²) >= 11 is 0. The monoisotopic (exact) mass is 315 g/mol. The van der Waals surface area contributed by atoms with Crippen LogP contribution >= 0.6 is 0 Å². The summed E-state index contributed by atoms with van der Waals surface area (Å²) in [5.41, 5.74) is 1.67. The Morgan fingerprint density at radius 1 is 1.17 bits per heavy atom. The molecular formula is C16H17N3O4. The highest BCUT2D eigenvalue weighted by atomic mass is 16.6. The Morgan fingerprint density at radius 2 is 1.96 bits per heavy atom. The molecule has 0 saturated carbocycles. The maximum absolute atomic E-state index is 11.9. The van der Waals surface area contributed by atoms with Crippen molar-refractivity contribution in [3.8, 4) is 0 Å². The summed E-state index contributed by atoms with van der Waals surface area (Å²) in [5.74, 6) is -0.217. The maximum atomic E-state index is 11.9. The van der Waals surface area contributed by atoms with Crippen LogP contribution in [0.1, 0.15) is 12.0 Å². The van der Waals surface area contributed by atoms with E-state index in [2.05, 4.69) is 10.6 Å². The molecule has 3 N–H and O–H groups in total. The van der Waals surface area contributed by atoms with Crippen molar-refractivity contribution < 1.29 is 14.8 Å². The van der Waals surface area contributed by atoms with Gasteiger partial charge in [-0.2, -0.15) is 0 Å². The number of amides is 1. The van der Waals surface area contributed by atoms with Gasteiger partial charge in [0.1, 0.15) is 5.69 Å². The summed E-state index contributed by atoms with van der Waals surface area (Å²) in [6.07, 6.45) is 0.162. The smallest absolute Gasteiger partial charge is 0.292 e. The normalized spacial score (nSPS) is 10.1. The van der Waals surface area contributed by atoms with Gasteiger partial charge in [0.2, 0.25) is 5.91 Å². The quantitative estimate of drug-likeness (QED) is 0.538. The number of para-hydroxylation sites is 2. The summed E-state index contributed by atoms with van der Waals surface area (Å²) in [6, 6.07) is 13.2. The summed E-state index contributed by atoms with van der Waals surface area (Å²) in [4.78, 5) is 22.3. The van der Waals surface area contributed by atoms with E-state index in [4.69, 9.17) is 5.11 Å². The number of nitrogens with zero attached hydrogens (tertiary/aromatic N) is 1. The molecule has 0 saturated heterocycles. The lowest BCUT2D eigenvalue weighted by Gasteiger charge is -2.08. The maximum Gasteiger partial charge on any atom is 0.292 e. The number of nitro groups is 1. The molecule has 0 aromatic heterocycles. The van der Waals surface area contributed by atoms with Crippen molar-refractivity contribution in [2.45, 2.75) is 13.0 Å². The number of hydrogen-bond acceptors (Lipinski definition) is 5. The molecule has 7 nitrogen and oxygen atoms in total. The van der Waals surface area contributed by atoms with Crippen molar-refractivity contribution in [1.82, 2.24) is 0 Å². The molecule has 0 aliphatic heterocycles. The molecule has 23 heavy (non-hydrogen) atoms. The van der Waals surface area contributed by atoms with E-state index >= 15 is 0 Å². The predicted octanol–water partition coefficient (Wildman–Crippen LogP) is 2.53. The molecule has 2 aromatic carbocycles. The highest BCUT2D eigenvalue weighted by Crippen LogP contribution is 2.22. The van der Waals surface area contributed by atoms with Crippen LogP contribution in [0.3, 0.4) is 0 Å². The number of nitrogens with one attached hydrogen (secondary N) is 2. The zero-order chi connectivity index (χ0) is 16.7. The molecule has 2 rings (SSSR count). The van der Waals surface area contributed by atoms with Crippen LogP contribution in [-0.2, 0) is 11.4 Å². The van der Waals surface area contributed by atoms with Crippen LogP contribution in [0.4, 0.5) is 17.1 Å². The van der Waals surface area contributed by atoms with Crippen LogP contribution in [0.2, 0.25) is 0 Å². The highest BCUT2D eigenvalue weighted by Gasteiger charge is 2.12. The van der Waals surface area contributed by atoms with Crippen LogP contribution in [0.25, 0.3) is 0 Å². The SMILES string of the molecule is O=C(CCNc1ccccc1[N+](=O)[O-])Nc1cccc(CO)c1. The van der Waals surface area contributed by atoms with Gasteiger partial charge in [-0.25, -0.2) is 0 Å². The van der Waals surface area contributed by atoms with Crippen LogP contribution in [0.5, 0.6) is 0 Å². The Balaban J connectivity index is 1.86. The van der Waals surface area contributed by atoms with Gasteiger partial charge in [0.15, 0.2) is 0 Å². The van der Waals surface area contributed by atoms with Gasteiger partial charge < -0.3 is 15.7 Å². The molecule has 0 spiro atoms. The first-order valence-electron chi connectivity index (χ1n) is 7.07. The molecule has 0 heterocycles. The Kier molecular flexibility index (Phi) is 5.65. The zero-order valence-corrected chi connectivity index (χ0v) is 12.4.